The average Bonchev–Trinajstić information content (AvgIpc) is 2.61. The summed E-state index contributed by atoms with van der Waals surface area (Å²) in [7, 11) is 0. The van der Waals surface area contributed by atoms with E-state index in [2.05, 4.69) is 19.6 Å². The zero-order valence-corrected chi connectivity index (χ0v) is 8.73. The Labute approximate surface area is 86.7 Å². The van der Waals surface area contributed by atoms with Crippen LogP contribution in [0, 0.1) is 6.92 Å². The maximum Gasteiger partial charge on any atom is 0.151 e. The maximum absolute atomic E-state index is 10.8. The van der Waals surface area contributed by atoms with E-state index >= 15 is 0 Å². The highest BCUT2D eigenvalue weighted by Gasteiger charge is 2.05. The van der Waals surface area contributed by atoms with Crippen molar-refractivity contribution in [2.24, 2.45) is 0 Å². The van der Waals surface area contributed by atoms with Crippen molar-refractivity contribution in [2.75, 3.05) is 0 Å². The minimum Gasteiger partial charge on any atom is -0.298 e. The number of thiophene rings is 1. The molecule has 0 aliphatic rings. The Morgan fingerprint density at radius 2 is 2.21 bits per heavy atom. The fourth-order valence-electron chi connectivity index (χ4n) is 1.57. The van der Waals surface area contributed by atoms with Gasteiger partial charge < -0.3 is 0 Å². The van der Waals surface area contributed by atoms with Crippen LogP contribution in [0.2, 0.25) is 0 Å². The topological polar surface area (TPSA) is 17.1 Å². The van der Waals surface area contributed by atoms with Gasteiger partial charge in [0.15, 0.2) is 6.29 Å². The highest BCUT2D eigenvalue weighted by molar-refractivity contribution is 7.17. The molecule has 2 heteroatoms. The second-order valence-electron chi connectivity index (χ2n) is 3.23. The first-order chi connectivity index (χ1) is 6.76. The van der Waals surface area contributed by atoms with E-state index in [1.54, 1.807) is 17.4 Å². The molecule has 0 aliphatic heterocycles. The van der Waals surface area contributed by atoms with Crippen LogP contribution in [0.3, 0.4) is 0 Å². The Morgan fingerprint density at radius 1 is 1.43 bits per heavy atom. The normalized spacial score (nSPS) is 10.4. The third-order valence-corrected chi connectivity index (χ3v) is 3.42. The van der Waals surface area contributed by atoms with Gasteiger partial charge in [0, 0.05) is 21.0 Å². The van der Waals surface area contributed by atoms with Gasteiger partial charge in [-0.05, 0) is 24.1 Å². The lowest BCUT2D eigenvalue weighted by Crippen LogP contribution is -1.80. The van der Waals surface area contributed by atoms with Gasteiger partial charge in [-0.1, -0.05) is 18.7 Å². The number of hydrogen-bond acceptors (Lipinski definition) is 2. The van der Waals surface area contributed by atoms with Gasteiger partial charge in [-0.3, -0.25) is 4.79 Å². The van der Waals surface area contributed by atoms with Gasteiger partial charge in [0.1, 0.15) is 0 Å². The molecule has 0 N–H and O–H groups in total. The zero-order chi connectivity index (χ0) is 10.1. The molecule has 0 unspecified atom stereocenters. The number of carbonyl (C=O) groups is 1. The third kappa shape index (κ3) is 1.28. The van der Waals surface area contributed by atoms with E-state index in [4.69, 9.17) is 0 Å². The quantitative estimate of drug-likeness (QED) is 0.679. The molecule has 70 valence electrons. The number of hydrogen-bond donors (Lipinski definition) is 0. The number of benzene rings is 1. The van der Waals surface area contributed by atoms with Crippen molar-refractivity contribution in [3.8, 4) is 0 Å². The van der Waals surface area contributed by atoms with E-state index in [1.165, 1.54) is 10.3 Å². The number of fused-ring (bicyclic) bond motifs is 1. The van der Waals surface area contributed by atoms with Crippen LogP contribution in [-0.4, -0.2) is 6.29 Å². The van der Waals surface area contributed by atoms with Gasteiger partial charge in [-0.2, -0.15) is 0 Å². The van der Waals surface area contributed by atoms with Crippen molar-refractivity contribution >= 4 is 33.8 Å². The number of aldehydes is 1. The summed E-state index contributed by atoms with van der Waals surface area (Å²) in [6.07, 6.45) is 2.71. The first kappa shape index (κ1) is 9.16. The van der Waals surface area contributed by atoms with E-state index in [0.29, 0.717) is 0 Å². The molecule has 2 aromatic rings. The molecule has 14 heavy (non-hydrogen) atoms. The monoisotopic (exact) mass is 202 g/mol. The van der Waals surface area contributed by atoms with Crippen molar-refractivity contribution in [3.63, 3.8) is 0 Å². The molecule has 2 rings (SSSR count). The van der Waals surface area contributed by atoms with Crippen LogP contribution in [0.4, 0.5) is 0 Å². The molecule has 0 saturated heterocycles. The molecule has 0 atom stereocenters. The van der Waals surface area contributed by atoms with Gasteiger partial charge in [0.25, 0.3) is 0 Å². The summed E-state index contributed by atoms with van der Waals surface area (Å²) in [5.41, 5.74) is 3.05. The first-order valence-corrected chi connectivity index (χ1v) is 5.23. The third-order valence-electron chi connectivity index (χ3n) is 2.27. The molecular formula is C12H10OS. The molecule has 1 nitrogen and oxygen atoms in total. The molecule has 0 fully saturated rings. The van der Waals surface area contributed by atoms with Gasteiger partial charge >= 0.3 is 0 Å². The van der Waals surface area contributed by atoms with Crippen molar-refractivity contribution in [3.05, 3.63) is 40.8 Å². The molecule has 0 amide bonds. The van der Waals surface area contributed by atoms with E-state index in [-0.39, 0.29) is 0 Å². The van der Waals surface area contributed by atoms with E-state index in [9.17, 15) is 4.79 Å². The molecule has 0 radical (unpaired) electrons. The molecule has 0 spiro atoms. The Balaban J connectivity index is 2.86. The van der Waals surface area contributed by atoms with Crippen molar-refractivity contribution < 1.29 is 4.79 Å². The van der Waals surface area contributed by atoms with Crippen LogP contribution in [0.5, 0.6) is 0 Å². The lowest BCUT2D eigenvalue weighted by Gasteiger charge is -1.99. The molecule has 0 aliphatic carbocycles. The molecule has 1 aromatic heterocycles. The van der Waals surface area contributed by atoms with Gasteiger partial charge in [-0.15, -0.1) is 11.3 Å². The Morgan fingerprint density at radius 3 is 2.86 bits per heavy atom. The Hall–Kier alpha value is -1.41. The fourth-order valence-corrected chi connectivity index (χ4v) is 2.54. The molecule has 1 heterocycles. The summed E-state index contributed by atoms with van der Waals surface area (Å²) in [4.78, 5) is 10.8. The van der Waals surface area contributed by atoms with Crippen molar-refractivity contribution in [2.45, 2.75) is 6.92 Å². The predicted octanol–water partition coefficient (Wildman–Crippen LogP) is 3.67. The number of aryl methyl sites for hydroxylation is 1. The largest absolute Gasteiger partial charge is 0.298 e. The molecular weight excluding hydrogens is 192 g/mol. The van der Waals surface area contributed by atoms with Crippen LogP contribution in [0.25, 0.3) is 16.2 Å². The second-order valence-corrected chi connectivity index (χ2v) is 4.11. The van der Waals surface area contributed by atoms with E-state index < -0.39 is 0 Å². The van der Waals surface area contributed by atoms with Crippen molar-refractivity contribution in [1.29, 1.82) is 0 Å². The highest BCUT2D eigenvalue weighted by Crippen LogP contribution is 2.29. The molecule has 0 bridgehead atoms. The first-order valence-electron chi connectivity index (χ1n) is 4.35. The highest BCUT2D eigenvalue weighted by atomic mass is 32.1. The Kier molecular flexibility index (Phi) is 2.22. The number of carbonyl (C=O) groups excluding carboxylic acids is 1. The fraction of sp³-hybridized carbons (Fsp3) is 0.0833. The van der Waals surface area contributed by atoms with Crippen LogP contribution in [0.1, 0.15) is 21.5 Å². The predicted molar refractivity (Wildman–Crippen MR) is 62.0 cm³/mol. The maximum atomic E-state index is 10.8. The summed E-state index contributed by atoms with van der Waals surface area (Å²) < 4.78 is 1.19. The second kappa shape index (κ2) is 3.39. The van der Waals surface area contributed by atoms with Crippen LogP contribution < -0.4 is 0 Å². The van der Waals surface area contributed by atoms with Crippen LogP contribution in [-0.2, 0) is 0 Å². The standard InChI is InChI=1S/C12H10OS/c1-3-9-4-8(2)12-11(5-9)10(6-13)7-14-12/h3-7H,1H2,2H3. The zero-order valence-electron chi connectivity index (χ0n) is 7.91. The average molecular weight is 202 g/mol. The molecule has 1 aromatic carbocycles. The van der Waals surface area contributed by atoms with Gasteiger partial charge in [-0.25, -0.2) is 0 Å². The minimum atomic E-state index is 0.775. The SMILES string of the molecule is C=Cc1cc(C)c2scc(C=O)c2c1. The van der Waals surface area contributed by atoms with Crippen LogP contribution >= 0.6 is 11.3 Å². The van der Waals surface area contributed by atoms with E-state index in [1.807, 2.05) is 11.4 Å². The number of rotatable bonds is 2. The molecule has 0 saturated carbocycles. The smallest absolute Gasteiger partial charge is 0.151 e. The Bertz CT molecular complexity index is 508. The summed E-state index contributed by atoms with van der Waals surface area (Å²) in [6, 6.07) is 4.09. The summed E-state index contributed by atoms with van der Waals surface area (Å²) in [5, 5.41) is 2.94. The summed E-state index contributed by atoms with van der Waals surface area (Å²) in [5.74, 6) is 0. The minimum absolute atomic E-state index is 0.775. The summed E-state index contributed by atoms with van der Waals surface area (Å²) >= 11 is 1.62. The van der Waals surface area contributed by atoms with E-state index in [0.717, 1.165) is 22.8 Å². The lowest BCUT2D eigenvalue weighted by atomic mass is 10.1. The van der Waals surface area contributed by atoms with Crippen molar-refractivity contribution in [1.82, 2.24) is 0 Å². The summed E-state index contributed by atoms with van der Waals surface area (Å²) in [6.45, 7) is 5.79. The van der Waals surface area contributed by atoms with Gasteiger partial charge in [0.05, 0.1) is 0 Å². The van der Waals surface area contributed by atoms with Gasteiger partial charge in [0.2, 0.25) is 0 Å². The lowest BCUT2D eigenvalue weighted by molar-refractivity contribution is 0.112. The van der Waals surface area contributed by atoms with Crippen LogP contribution in [0.15, 0.2) is 24.1 Å².